The molecule has 3 aliphatic carbocycles. The van der Waals surface area contributed by atoms with E-state index in [1.807, 2.05) is 38.1 Å². The maximum atomic E-state index is 14.9. The van der Waals surface area contributed by atoms with Crippen molar-refractivity contribution in [2.75, 3.05) is 13.2 Å². The zero-order valence-corrected chi connectivity index (χ0v) is 31.4. The van der Waals surface area contributed by atoms with Gasteiger partial charge in [-0.2, -0.15) is 0 Å². The Hall–Kier alpha value is -3.44. The second kappa shape index (κ2) is 10.6. The first-order valence-corrected chi connectivity index (χ1v) is 18.9. The van der Waals surface area contributed by atoms with Gasteiger partial charge in [0, 0.05) is 25.7 Å². The molecule has 10 nitrogen and oxygen atoms in total. The van der Waals surface area contributed by atoms with Crippen LogP contribution >= 0.6 is 0 Å². The van der Waals surface area contributed by atoms with Crippen molar-refractivity contribution >= 4 is 23.1 Å². The van der Waals surface area contributed by atoms with Gasteiger partial charge in [-0.1, -0.05) is 79.7 Å². The summed E-state index contributed by atoms with van der Waals surface area (Å²) in [7, 11) is 0. The van der Waals surface area contributed by atoms with Gasteiger partial charge in [-0.3, -0.25) is 19.2 Å². The van der Waals surface area contributed by atoms with Crippen LogP contribution in [0.2, 0.25) is 0 Å². The lowest BCUT2D eigenvalue weighted by Crippen LogP contribution is -2.51. The Labute approximate surface area is 304 Å². The van der Waals surface area contributed by atoms with Gasteiger partial charge in [0.25, 0.3) is 0 Å². The summed E-state index contributed by atoms with van der Waals surface area (Å²) >= 11 is 0. The molecule has 0 radical (unpaired) electrons. The molecule has 0 amide bonds. The van der Waals surface area contributed by atoms with Gasteiger partial charge in [0.05, 0.1) is 13.2 Å². The standard InChI is InChI=1S/C42H48O10/c1-9-11-47-29-21-13-25(37(3,4)5)14-22(29)18-40-32(50-40)28(44)34-42(52-34,36(40)46)20-24-16-26(38(6,7)8)15-23(30(24)48-12-10-2)19-41-33(51-41)27(43)31-39(17-21,49-31)35(41)45/h13-16,31-34H,9-12,17-20H2,1-8H3/t31-,32+,33+,34-,39-,40-,41-,42+/m1/s1. The second-order valence-electron chi connectivity index (χ2n) is 18.2. The van der Waals surface area contributed by atoms with E-state index in [-0.39, 0.29) is 59.6 Å². The summed E-state index contributed by atoms with van der Waals surface area (Å²) < 4.78 is 37.8. The third-order valence-electron chi connectivity index (χ3n) is 12.3. The molecule has 10 heteroatoms. The molecular weight excluding hydrogens is 664 g/mol. The third kappa shape index (κ3) is 4.62. The van der Waals surface area contributed by atoms with Gasteiger partial charge in [-0.05, 0) is 57.1 Å². The molecule has 2 aromatic rings. The number of fused-ring (bicyclic) bond motifs is 4. The molecule has 0 N–H and O–H groups in total. The average Bonchev–Trinajstić information content (AvgIpc) is 3.91. The highest BCUT2D eigenvalue weighted by molar-refractivity contribution is 6.18. The van der Waals surface area contributed by atoms with Crippen LogP contribution in [0.1, 0.15) is 102 Å². The van der Waals surface area contributed by atoms with Crippen LogP contribution in [0.5, 0.6) is 11.5 Å². The van der Waals surface area contributed by atoms with Gasteiger partial charge in [-0.25, -0.2) is 0 Å². The number of Topliss-reactive ketones (excluding diaryl/α,β-unsaturated/α-hetero) is 4. The maximum absolute atomic E-state index is 14.9. The van der Waals surface area contributed by atoms with E-state index in [0.717, 1.165) is 24.0 Å². The summed E-state index contributed by atoms with van der Waals surface area (Å²) in [6, 6.07) is 8.12. The summed E-state index contributed by atoms with van der Waals surface area (Å²) in [4.78, 5) is 57.8. The topological polar surface area (TPSA) is 137 Å². The Morgan fingerprint density at radius 2 is 0.808 bits per heavy atom. The summed E-state index contributed by atoms with van der Waals surface area (Å²) in [5.74, 6) is 0.164. The van der Waals surface area contributed by atoms with Gasteiger partial charge >= 0.3 is 0 Å². The van der Waals surface area contributed by atoms with E-state index in [1.165, 1.54) is 0 Å². The van der Waals surface area contributed by atoms with Crippen molar-refractivity contribution in [3.63, 3.8) is 0 Å². The van der Waals surface area contributed by atoms with Crippen molar-refractivity contribution in [1.29, 1.82) is 0 Å². The highest BCUT2D eigenvalue weighted by atomic mass is 16.7. The summed E-state index contributed by atoms with van der Waals surface area (Å²) in [6.07, 6.45) is -1.82. The molecular formula is C42H48O10. The lowest BCUT2D eigenvalue weighted by Gasteiger charge is -2.30. The van der Waals surface area contributed by atoms with E-state index in [1.54, 1.807) is 0 Å². The second-order valence-corrected chi connectivity index (χ2v) is 18.2. The van der Waals surface area contributed by atoms with Crippen LogP contribution in [0, 0.1) is 0 Å². The van der Waals surface area contributed by atoms with Crippen molar-refractivity contribution in [3.05, 3.63) is 57.6 Å². The Kier molecular flexibility index (Phi) is 7.01. The zero-order chi connectivity index (χ0) is 37.0. The highest BCUT2D eigenvalue weighted by Gasteiger charge is 2.86. The Morgan fingerprint density at radius 3 is 1.04 bits per heavy atom. The fraction of sp³-hybridized carbons (Fsp3) is 0.619. The average molecular weight is 713 g/mol. The van der Waals surface area contributed by atoms with Crippen LogP contribution in [0.4, 0.5) is 0 Å². The molecule has 8 bridgehead atoms. The molecule has 0 aromatic heterocycles. The van der Waals surface area contributed by atoms with Crippen LogP contribution in [0.25, 0.3) is 0 Å². The molecule has 7 aliphatic rings. The molecule has 2 saturated carbocycles. The molecule has 52 heavy (non-hydrogen) atoms. The van der Waals surface area contributed by atoms with Crippen molar-refractivity contribution < 1.29 is 47.6 Å². The number of benzene rings is 2. The van der Waals surface area contributed by atoms with Gasteiger partial charge in [0.2, 0.25) is 11.6 Å². The highest BCUT2D eigenvalue weighted by Crippen LogP contribution is 2.62. The van der Waals surface area contributed by atoms with Crippen LogP contribution < -0.4 is 9.47 Å². The normalized spacial score (nSPS) is 36.6. The molecule has 8 atom stereocenters. The van der Waals surface area contributed by atoms with E-state index in [9.17, 15) is 19.2 Å². The Bertz CT molecular complexity index is 1740. The lowest BCUT2D eigenvalue weighted by molar-refractivity contribution is -0.131. The van der Waals surface area contributed by atoms with E-state index in [0.29, 0.717) is 47.0 Å². The molecule has 0 unspecified atom stereocenters. The van der Waals surface area contributed by atoms with Crippen molar-refractivity contribution in [1.82, 2.24) is 0 Å². The Morgan fingerprint density at radius 1 is 0.538 bits per heavy atom. The van der Waals surface area contributed by atoms with Crippen LogP contribution in [0.15, 0.2) is 24.3 Å². The SMILES string of the molecule is CCCOc1c2cc(C(C)(C)C)cc1C[C@@]13O[C@H]1C(=O)[C@H]1O[C@]1(Cc1cc(C(C)(C)C)cc(c1OCCC)C[C@@]14O[C@H]1C(=O)[C@H]1O[C@@]1(C2)C4=O)C3=O. The molecule has 9 rings (SSSR count). The first kappa shape index (κ1) is 34.3. The molecule has 6 fully saturated rings. The minimum atomic E-state index is -1.42. The van der Waals surface area contributed by atoms with Crippen LogP contribution in [-0.4, -0.2) is 83.2 Å². The zero-order valence-electron chi connectivity index (χ0n) is 31.4. The number of ether oxygens (including phenoxy) is 6. The summed E-state index contributed by atoms with van der Waals surface area (Å²) in [6.45, 7) is 17.3. The predicted molar refractivity (Wildman–Crippen MR) is 187 cm³/mol. The number of ketones is 4. The first-order valence-electron chi connectivity index (χ1n) is 18.9. The Balaban J connectivity index is 1.28. The smallest absolute Gasteiger partial charge is 0.203 e. The van der Waals surface area contributed by atoms with Crippen molar-refractivity contribution in [3.8, 4) is 11.5 Å². The van der Waals surface area contributed by atoms with E-state index in [2.05, 4.69) is 41.5 Å². The van der Waals surface area contributed by atoms with Gasteiger partial charge < -0.3 is 28.4 Å². The molecule has 4 spiro atoms. The molecule has 2 aromatic carbocycles. The number of hydrogen-bond acceptors (Lipinski definition) is 10. The first-order chi connectivity index (χ1) is 24.5. The number of epoxide rings is 4. The quantitative estimate of drug-likeness (QED) is 0.391. The molecule has 4 saturated heterocycles. The molecule has 276 valence electrons. The van der Waals surface area contributed by atoms with Crippen LogP contribution in [-0.2, 0) is 74.6 Å². The lowest BCUT2D eigenvalue weighted by atomic mass is 9.70. The van der Waals surface area contributed by atoms with Gasteiger partial charge in [0.1, 0.15) is 11.5 Å². The number of carbonyl (C=O) groups excluding carboxylic acids is 4. The number of hydrogen-bond donors (Lipinski definition) is 0. The predicted octanol–water partition coefficient (Wildman–Crippen LogP) is 4.60. The minimum Gasteiger partial charge on any atom is -0.493 e. The third-order valence-corrected chi connectivity index (χ3v) is 12.3. The van der Waals surface area contributed by atoms with Gasteiger partial charge in [0.15, 0.2) is 58.4 Å². The largest absolute Gasteiger partial charge is 0.493 e. The van der Waals surface area contributed by atoms with E-state index < -0.39 is 46.8 Å². The van der Waals surface area contributed by atoms with E-state index >= 15 is 0 Å². The monoisotopic (exact) mass is 712 g/mol. The number of carbonyl (C=O) groups is 4. The minimum absolute atomic E-state index is 0.0990. The van der Waals surface area contributed by atoms with Crippen LogP contribution in [0.3, 0.4) is 0 Å². The fourth-order valence-electron chi connectivity index (χ4n) is 9.21. The summed E-state index contributed by atoms with van der Waals surface area (Å²) in [5.41, 5.74) is -1.55. The van der Waals surface area contributed by atoms with E-state index in [4.69, 9.17) is 28.4 Å². The van der Waals surface area contributed by atoms with Crippen molar-refractivity contribution in [2.45, 2.75) is 152 Å². The summed E-state index contributed by atoms with van der Waals surface area (Å²) in [5, 5.41) is 0. The van der Waals surface area contributed by atoms with Gasteiger partial charge in [-0.15, -0.1) is 0 Å². The maximum Gasteiger partial charge on any atom is 0.203 e. The molecule has 4 aliphatic heterocycles. The molecule has 4 heterocycles. The number of rotatable bonds is 6. The fourth-order valence-corrected chi connectivity index (χ4v) is 9.21. The van der Waals surface area contributed by atoms with Crippen molar-refractivity contribution in [2.24, 2.45) is 0 Å².